The maximum Gasteiger partial charge on any atom is 0.268 e. The molecule has 0 saturated heterocycles. The van der Waals surface area contributed by atoms with Crippen LogP contribution in [0.4, 0.5) is 5.69 Å². The van der Waals surface area contributed by atoms with E-state index in [2.05, 4.69) is 4.98 Å². The first-order chi connectivity index (χ1) is 6.16. The van der Waals surface area contributed by atoms with Crippen molar-refractivity contribution in [1.29, 1.82) is 0 Å². The fourth-order valence-electron chi connectivity index (χ4n) is 1.13. The maximum absolute atomic E-state index is 10.8. The van der Waals surface area contributed by atoms with Gasteiger partial charge >= 0.3 is 0 Å². The van der Waals surface area contributed by atoms with Crippen LogP contribution in [0.1, 0.15) is 10.5 Å². The van der Waals surface area contributed by atoms with E-state index in [1.54, 1.807) is 28.9 Å². The molecule has 0 unspecified atom stereocenters. The normalized spacial score (nSPS) is 10.5. The van der Waals surface area contributed by atoms with Gasteiger partial charge in [0.1, 0.15) is 11.3 Å². The van der Waals surface area contributed by atoms with Gasteiger partial charge < -0.3 is 15.9 Å². The van der Waals surface area contributed by atoms with Crippen LogP contribution >= 0.6 is 0 Å². The van der Waals surface area contributed by atoms with Gasteiger partial charge in [0.05, 0.1) is 0 Å². The van der Waals surface area contributed by atoms with Crippen LogP contribution < -0.4 is 11.5 Å². The molecule has 0 aliphatic heterocycles. The molecule has 66 valence electrons. The van der Waals surface area contributed by atoms with Gasteiger partial charge in [-0.15, -0.1) is 0 Å². The Morgan fingerprint density at radius 1 is 1.38 bits per heavy atom. The van der Waals surface area contributed by atoms with E-state index in [-0.39, 0.29) is 5.69 Å². The minimum atomic E-state index is -0.540. The van der Waals surface area contributed by atoms with E-state index in [0.29, 0.717) is 11.3 Å². The largest absolute Gasteiger partial charge is 0.398 e. The summed E-state index contributed by atoms with van der Waals surface area (Å²) in [5.74, 6) is -0.540. The highest BCUT2D eigenvalue weighted by Gasteiger charge is 2.05. The number of hydrogen-bond donors (Lipinski definition) is 2. The van der Waals surface area contributed by atoms with Crippen LogP contribution in [-0.2, 0) is 0 Å². The summed E-state index contributed by atoms with van der Waals surface area (Å²) in [6.45, 7) is 0. The summed E-state index contributed by atoms with van der Waals surface area (Å²) in [6.07, 6.45) is 3.22. The van der Waals surface area contributed by atoms with Gasteiger partial charge in [0.2, 0.25) is 0 Å². The molecule has 2 aromatic rings. The van der Waals surface area contributed by atoms with Crippen molar-refractivity contribution in [2.45, 2.75) is 0 Å². The molecule has 0 aliphatic carbocycles. The highest BCUT2D eigenvalue weighted by molar-refractivity contribution is 5.91. The van der Waals surface area contributed by atoms with Gasteiger partial charge in [-0.3, -0.25) is 4.79 Å². The number of imidazole rings is 1. The molecule has 0 aliphatic rings. The molecular weight excluding hydrogens is 168 g/mol. The number of nitrogen functional groups attached to an aromatic ring is 1. The van der Waals surface area contributed by atoms with Crippen molar-refractivity contribution in [2.75, 3.05) is 5.73 Å². The van der Waals surface area contributed by atoms with Crippen molar-refractivity contribution >= 4 is 17.2 Å². The number of carbonyl (C=O) groups excluding carboxylic acids is 1. The number of amides is 1. The Labute approximate surface area is 74.0 Å². The summed E-state index contributed by atoms with van der Waals surface area (Å²) >= 11 is 0. The monoisotopic (exact) mass is 176 g/mol. The average molecular weight is 176 g/mol. The topological polar surface area (TPSA) is 86.4 Å². The SMILES string of the molecule is NC(=O)c1cn2cc(N)ccc2n1. The number of nitrogens with two attached hydrogens (primary N) is 2. The van der Waals surface area contributed by atoms with Crippen molar-refractivity contribution in [2.24, 2.45) is 5.73 Å². The predicted octanol–water partition coefficient (Wildman–Crippen LogP) is 0.0154. The molecule has 2 rings (SSSR count). The second kappa shape index (κ2) is 2.48. The van der Waals surface area contributed by atoms with Crippen molar-refractivity contribution in [3.05, 3.63) is 30.2 Å². The van der Waals surface area contributed by atoms with E-state index in [1.807, 2.05) is 0 Å². The number of nitrogens with zero attached hydrogens (tertiary/aromatic N) is 2. The van der Waals surface area contributed by atoms with Crippen LogP contribution in [0.3, 0.4) is 0 Å². The fraction of sp³-hybridized carbons (Fsp3) is 0. The van der Waals surface area contributed by atoms with Gasteiger partial charge in [0.15, 0.2) is 0 Å². The molecule has 4 N–H and O–H groups in total. The minimum absolute atomic E-state index is 0.241. The molecule has 1 amide bonds. The van der Waals surface area contributed by atoms with E-state index >= 15 is 0 Å². The number of anilines is 1. The van der Waals surface area contributed by atoms with Crippen LogP contribution in [0.5, 0.6) is 0 Å². The Morgan fingerprint density at radius 2 is 2.15 bits per heavy atom. The number of hydrogen-bond acceptors (Lipinski definition) is 3. The smallest absolute Gasteiger partial charge is 0.268 e. The lowest BCUT2D eigenvalue weighted by atomic mass is 10.4. The van der Waals surface area contributed by atoms with E-state index in [9.17, 15) is 4.79 Å². The van der Waals surface area contributed by atoms with E-state index in [1.165, 1.54) is 0 Å². The molecule has 0 bridgehead atoms. The third-order valence-corrected chi connectivity index (χ3v) is 1.73. The number of rotatable bonds is 1. The van der Waals surface area contributed by atoms with Crippen LogP contribution in [0.15, 0.2) is 24.5 Å². The van der Waals surface area contributed by atoms with Gasteiger partial charge in [-0.2, -0.15) is 0 Å². The highest BCUT2D eigenvalue weighted by Crippen LogP contribution is 2.08. The third-order valence-electron chi connectivity index (χ3n) is 1.73. The Balaban J connectivity index is 2.68. The zero-order valence-corrected chi connectivity index (χ0v) is 6.77. The minimum Gasteiger partial charge on any atom is -0.398 e. The molecule has 0 saturated carbocycles. The molecule has 13 heavy (non-hydrogen) atoms. The summed E-state index contributed by atoms with van der Waals surface area (Å²) in [5, 5.41) is 0. The molecule has 2 heterocycles. The Hall–Kier alpha value is -2.04. The first-order valence-corrected chi connectivity index (χ1v) is 3.71. The van der Waals surface area contributed by atoms with Gasteiger partial charge in [0.25, 0.3) is 5.91 Å². The number of carbonyl (C=O) groups is 1. The number of fused-ring (bicyclic) bond motifs is 1. The summed E-state index contributed by atoms with van der Waals surface area (Å²) in [4.78, 5) is 14.8. The van der Waals surface area contributed by atoms with Gasteiger partial charge in [-0.25, -0.2) is 4.98 Å². The van der Waals surface area contributed by atoms with Crippen molar-refractivity contribution in [3.63, 3.8) is 0 Å². The van der Waals surface area contributed by atoms with Crippen LogP contribution in [-0.4, -0.2) is 15.3 Å². The number of aromatic nitrogens is 2. The van der Waals surface area contributed by atoms with Gasteiger partial charge in [-0.1, -0.05) is 0 Å². The summed E-state index contributed by atoms with van der Waals surface area (Å²) < 4.78 is 1.66. The lowest BCUT2D eigenvalue weighted by Gasteiger charge is -1.93. The first kappa shape index (κ1) is 7.60. The van der Waals surface area contributed by atoms with Crippen molar-refractivity contribution in [3.8, 4) is 0 Å². The van der Waals surface area contributed by atoms with Crippen LogP contribution in [0, 0.1) is 0 Å². The summed E-state index contributed by atoms with van der Waals surface area (Å²) in [7, 11) is 0. The van der Waals surface area contributed by atoms with E-state index in [0.717, 1.165) is 0 Å². The molecule has 5 heteroatoms. The lowest BCUT2D eigenvalue weighted by Crippen LogP contribution is -2.10. The van der Waals surface area contributed by atoms with Gasteiger partial charge in [0, 0.05) is 18.1 Å². The molecular formula is C8H8N4O. The molecule has 2 aromatic heterocycles. The third kappa shape index (κ3) is 1.20. The van der Waals surface area contributed by atoms with Crippen LogP contribution in [0.2, 0.25) is 0 Å². The van der Waals surface area contributed by atoms with Crippen LogP contribution in [0.25, 0.3) is 5.65 Å². The standard InChI is InChI=1S/C8H8N4O/c9-5-1-2-7-11-6(8(10)13)4-12(7)3-5/h1-4H,9H2,(H2,10,13). The molecule has 5 nitrogen and oxygen atoms in total. The molecule has 0 radical (unpaired) electrons. The predicted molar refractivity (Wildman–Crippen MR) is 48.1 cm³/mol. The molecule has 0 fully saturated rings. The molecule has 0 atom stereocenters. The zero-order chi connectivity index (χ0) is 9.42. The second-order valence-corrected chi connectivity index (χ2v) is 2.72. The molecule has 0 spiro atoms. The molecule has 0 aromatic carbocycles. The number of pyridine rings is 1. The summed E-state index contributed by atoms with van der Waals surface area (Å²) in [5.41, 5.74) is 12.1. The Kier molecular flexibility index (Phi) is 1.45. The lowest BCUT2D eigenvalue weighted by molar-refractivity contribution is 0.0996. The second-order valence-electron chi connectivity index (χ2n) is 2.72. The fourth-order valence-corrected chi connectivity index (χ4v) is 1.13. The number of primary amides is 1. The van der Waals surface area contributed by atoms with E-state index < -0.39 is 5.91 Å². The first-order valence-electron chi connectivity index (χ1n) is 3.71. The average Bonchev–Trinajstić information content (AvgIpc) is 2.46. The quantitative estimate of drug-likeness (QED) is 0.641. The zero-order valence-electron chi connectivity index (χ0n) is 6.77. The Morgan fingerprint density at radius 3 is 2.85 bits per heavy atom. The van der Waals surface area contributed by atoms with Crippen molar-refractivity contribution in [1.82, 2.24) is 9.38 Å². The maximum atomic E-state index is 10.8. The summed E-state index contributed by atoms with van der Waals surface area (Å²) in [6, 6.07) is 3.44. The van der Waals surface area contributed by atoms with E-state index in [4.69, 9.17) is 11.5 Å². The highest BCUT2D eigenvalue weighted by atomic mass is 16.1. The van der Waals surface area contributed by atoms with Crippen molar-refractivity contribution < 1.29 is 4.79 Å². The Bertz CT molecular complexity index is 474. The van der Waals surface area contributed by atoms with Gasteiger partial charge in [-0.05, 0) is 12.1 Å².